The number of phosphoric acid groups is 1. The van der Waals surface area contributed by atoms with Gasteiger partial charge in [-0.2, -0.15) is 0 Å². The van der Waals surface area contributed by atoms with Gasteiger partial charge in [0.15, 0.2) is 6.10 Å². The molecular formula is C69H128NO8P. The van der Waals surface area contributed by atoms with E-state index < -0.39 is 26.5 Å². The topological polar surface area (TPSA) is 134 Å². The number of rotatable bonds is 64. The second kappa shape index (κ2) is 64.9. The van der Waals surface area contributed by atoms with E-state index in [1.165, 1.54) is 231 Å². The number of hydrogen-bond donors (Lipinski definition) is 2. The molecule has 0 radical (unpaired) electrons. The van der Waals surface area contributed by atoms with Gasteiger partial charge in [-0.25, -0.2) is 4.57 Å². The Labute approximate surface area is 489 Å². The zero-order chi connectivity index (χ0) is 57.3. The molecule has 10 heteroatoms. The van der Waals surface area contributed by atoms with E-state index in [-0.39, 0.29) is 38.6 Å². The summed E-state index contributed by atoms with van der Waals surface area (Å²) in [6.45, 7) is 3.65. The van der Waals surface area contributed by atoms with E-state index >= 15 is 0 Å². The molecule has 79 heavy (non-hydrogen) atoms. The van der Waals surface area contributed by atoms with Crippen molar-refractivity contribution < 1.29 is 37.6 Å². The second-order valence-corrected chi connectivity index (χ2v) is 24.1. The predicted molar refractivity (Wildman–Crippen MR) is 340 cm³/mol. The third kappa shape index (κ3) is 64.7. The molecule has 0 aromatic carbocycles. The molecule has 0 bridgehead atoms. The fourth-order valence-electron chi connectivity index (χ4n) is 9.92. The zero-order valence-corrected chi connectivity index (χ0v) is 52.8. The van der Waals surface area contributed by atoms with Crippen molar-refractivity contribution in [3.8, 4) is 0 Å². The lowest BCUT2D eigenvalue weighted by molar-refractivity contribution is -0.161. The zero-order valence-electron chi connectivity index (χ0n) is 51.9. The molecule has 0 rings (SSSR count). The van der Waals surface area contributed by atoms with Crippen molar-refractivity contribution in [2.75, 3.05) is 26.4 Å². The summed E-state index contributed by atoms with van der Waals surface area (Å²) in [5.41, 5.74) is 5.39. The molecule has 0 aromatic rings. The van der Waals surface area contributed by atoms with Crippen LogP contribution in [0.5, 0.6) is 0 Å². The van der Waals surface area contributed by atoms with Crippen LogP contribution in [0, 0.1) is 0 Å². The number of nitrogens with two attached hydrogens (primary N) is 1. The van der Waals surface area contributed by atoms with Crippen LogP contribution in [0.1, 0.15) is 335 Å². The van der Waals surface area contributed by atoms with Gasteiger partial charge in [-0.1, -0.05) is 306 Å². The summed E-state index contributed by atoms with van der Waals surface area (Å²) in [6, 6.07) is 0. The number of carbonyl (C=O) groups excluding carboxylic acids is 2. The summed E-state index contributed by atoms with van der Waals surface area (Å²) in [6.07, 6.45) is 83.4. The number of phosphoric ester groups is 1. The smallest absolute Gasteiger partial charge is 0.462 e. The number of esters is 2. The minimum atomic E-state index is -4.39. The number of carbonyl (C=O) groups is 2. The molecule has 0 heterocycles. The van der Waals surface area contributed by atoms with Crippen LogP contribution in [0.4, 0.5) is 0 Å². The molecule has 0 aromatic heterocycles. The quantitative estimate of drug-likeness (QED) is 0.0264. The van der Waals surface area contributed by atoms with Crippen molar-refractivity contribution in [3.63, 3.8) is 0 Å². The lowest BCUT2D eigenvalue weighted by Gasteiger charge is -2.19. The van der Waals surface area contributed by atoms with E-state index in [4.69, 9.17) is 24.3 Å². The lowest BCUT2D eigenvalue weighted by atomic mass is 10.0. The molecular weight excluding hydrogens is 1000 g/mol. The first-order chi connectivity index (χ1) is 38.8. The van der Waals surface area contributed by atoms with Crippen molar-refractivity contribution in [1.29, 1.82) is 0 Å². The first kappa shape index (κ1) is 76.7. The Hall–Kier alpha value is -2.29. The van der Waals surface area contributed by atoms with E-state index in [1.54, 1.807) is 0 Å². The number of hydrogen-bond acceptors (Lipinski definition) is 8. The summed E-state index contributed by atoms with van der Waals surface area (Å²) in [4.78, 5) is 35.2. The molecule has 0 aliphatic heterocycles. The molecule has 0 spiro atoms. The normalized spacial score (nSPS) is 13.3. The van der Waals surface area contributed by atoms with Gasteiger partial charge in [-0.15, -0.1) is 0 Å². The van der Waals surface area contributed by atoms with Crippen LogP contribution in [0.3, 0.4) is 0 Å². The van der Waals surface area contributed by atoms with Crippen molar-refractivity contribution in [2.45, 2.75) is 341 Å². The lowest BCUT2D eigenvalue weighted by Crippen LogP contribution is -2.29. The van der Waals surface area contributed by atoms with Crippen LogP contribution < -0.4 is 5.73 Å². The Morgan fingerprint density at radius 2 is 0.696 bits per heavy atom. The summed E-state index contributed by atoms with van der Waals surface area (Å²) in [7, 11) is -4.39. The largest absolute Gasteiger partial charge is 0.472 e. The molecule has 9 nitrogen and oxygen atoms in total. The molecule has 462 valence electrons. The first-order valence-corrected chi connectivity index (χ1v) is 35.3. The number of allylic oxidation sites excluding steroid dienone is 10. The van der Waals surface area contributed by atoms with Crippen LogP contribution in [-0.2, 0) is 32.7 Å². The number of ether oxygens (including phenoxy) is 2. The van der Waals surface area contributed by atoms with Crippen LogP contribution in [0.25, 0.3) is 0 Å². The van der Waals surface area contributed by atoms with Gasteiger partial charge in [0.25, 0.3) is 0 Å². The van der Waals surface area contributed by atoms with Crippen LogP contribution in [0.15, 0.2) is 60.8 Å². The van der Waals surface area contributed by atoms with Gasteiger partial charge in [-0.3, -0.25) is 18.6 Å². The summed E-state index contributed by atoms with van der Waals surface area (Å²) < 4.78 is 33.1. The van der Waals surface area contributed by atoms with Crippen molar-refractivity contribution in [2.24, 2.45) is 5.73 Å². The van der Waals surface area contributed by atoms with Crippen molar-refractivity contribution in [3.05, 3.63) is 60.8 Å². The fourth-order valence-corrected chi connectivity index (χ4v) is 10.7. The highest BCUT2D eigenvalue weighted by Crippen LogP contribution is 2.43. The fraction of sp³-hybridized carbons (Fsp3) is 0.826. The molecule has 0 saturated heterocycles. The first-order valence-electron chi connectivity index (χ1n) is 33.8. The van der Waals surface area contributed by atoms with E-state index in [0.717, 1.165) is 70.6 Å². The van der Waals surface area contributed by atoms with Crippen molar-refractivity contribution in [1.82, 2.24) is 0 Å². The van der Waals surface area contributed by atoms with Crippen molar-refractivity contribution >= 4 is 19.8 Å². The van der Waals surface area contributed by atoms with E-state index in [0.29, 0.717) is 6.42 Å². The van der Waals surface area contributed by atoms with Gasteiger partial charge in [0.1, 0.15) is 6.61 Å². The highest BCUT2D eigenvalue weighted by atomic mass is 31.2. The molecule has 0 aliphatic carbocycles. The summed E-state index contributed by atoms with van der Waals surface area (Å²) >= 11 is 0. The summed E-state index contributed by atoms with van der Waals surface area (Å²) in [5, 5.41) is 0. The third-order valence-corrected chi connectivity index (χ3v) is 15.9. The highest BCUT2D eigenvalue weighted by molar-refractivity contribution is 7.47. The number of unbranched alkanes of at least 4 members (excludes halogenated alkanes) is 41. The van der Waals surface area contributed by atoms with Crippen LogP contribution >= 0.6 is 7.82 Å². The Kier molecular flexibility index (Phi) is 63.0. The Morgan fingerprint density at radius 3 is 1.04 bits per heavy atom. The van der Waals surface area contributed by atoms with Gasteiger partial charge in [0.05, 0.1) is 13.2 Å². The Morgan fingerprint density at radius 1 is 0.392 bits per heavy atom. The molecule has 0 fully saturated rings. The average Bonchev–Trinajstić information content (AvgIpc) is 3.44. The van der Waals surface area contributed by atoms with E-state index in [2.05, 4.69) is 74.6 Å². The van der Waals surface area contributed by atoms with E-state index in [9.17, 15) is 19.0 Å². The molecule has 2 atom stereocenters. The third-order valence-electron chi connectivity index (χ3n) is 14.9. The Balaban J connectivity index is 3.72. The van der Waals surface area contributed by atoms with E-state index in [1.807, 2.05) is 0 Å². The second-order valence-electron chi connectivity index (χ2n) is 22.7. The monoisotopic (exact) mass is 1130 g/mol. The maximum atomic E-state index is 12.7. The SMILES string of the molecule is CC/C=C\C/C=C\C/C=C\CCCCCCCCCC(=O)OC(COC(=O)CCCCCCCCCCCCCCCCCCCCCCCCCCCCCCC/C=C\C/C=C\CCCCCCC)COP(=O)(O)OCCN. The van der Waals surface area contributed by atoms with Gasteiger partial charge in [0, 0.05) is 19.4 Å². The molecule has 0 amide bonds. The Bertz CT molecular complexity index is 1480. The van der Waals surface area contributed by atoms with Gasteiger partial charge in [-0.05, 0) is 77.0 Å². The van der Waals surface area contributed by atoms with Gasteiger partial charge < -0.3 is 20.1 Å². The minimum Gasteiger partial charge on any atom is -0.462 e. The maximum absolute atomic E-state index is 12.7. The average molecular weight is 1130 g/mol. The summed E-state index contributed by atoms with van der Waals surface area (Å²) in [5.74, 6) is -0.827. The van der Waals surface area contributed by atoms with Crippen LogP contribution in [-0.4, -0.2) is 49.3 Å². The molecule has 2 unspecified atom stereocenters. The minimum absolute atomic E-state index is 0.0515. The van der Waals surface area contributed by atoms with Gasteiger partial charge in [0.2, 0.25) is 0 Å². The molecule has 0 saturated carbocycles. The molecule has 3 N–H and O–H groups in total. The predicted octanol–water partition coefficient (Wildman–Crippen LogP) is 21.9. The van der Waals surface area contributed by atoms with Crippen LogP contribution in [0.2, 0.25) is 0 Å². The highest BCUT2D eigenvalue weighted by Gasteiger charge is 2.26. The standard InChI is InChI=1S/C69H128NO8P/c1-3-5-7-9-11-13-15-17-19-21-22-23-24-25-26-27-28-29-30-31-32-33-34-35-36-37-38-39-40-41-42-43-44-46-47-49-51-53-55-57-59-61-68(71)75-65-67(66-77-79(73,74)76-64-63-70)78-69(72)62-60-58-56-54-52-50-48-45-20-18-16-14-12-10-8-6-4-2/h6,8,12,14-15,17-18,20-22,67H,3-5,7,9-11,13,16,19,23-66,70H2,1-2H3,(H,73,74)/b8-6-,14-12-,17-15-,20-18-,22-21-. The molecule has 0 aliphatic rings. The maximum Gasteiger partial charge on any atom is 0.472 e. The van der Waals surface area contributed by atoms with Gasteiger partial charge >= 0.3 is 19.8 Å².